The van der Waals surface area contributed by atoms with Crippen molar-refractivity contribution >= 4 is 5.91 Å². The van der Waals surface area contributed by atoms with Gasteiger partial charge in [0.25, 0.3) is 0 Å². The van der Waals surface area contributed by atoms with Gasteiger partial charge in [0.05, 0.1) is 0 Å². The second-order valence-corrected chi connectivity index (χ2v) is 6.31. The summed E-state index contributed by atoms with van der Waals surface area (Å²) in [5.74, 6) is 1.54. The van der Waals surface area contributed by atoms with Gasteiger partial charge in [-0.25, -0.2) is 0 Å². The summed E-state index contributed by atoms with van der Waals surface area (Å²) in [6.45, 7) is 6.45. The Hall–Kier alpha value is -0.570. The number of nitrogens with two attached hydrogens (primary N) is 1. The number of carbonyl (C=O) groups is 1. The third-order valence-electron chi connectivity index (χ3n) is 4.63. The molecular weight excluding hydrogens is 224 g/mol. The number of amides is 1. The van der Waals surface area contributed by atoms with Crippen LogP contribution in [0.3, 0.4) is 0 Å². The van der Waals surface area contributed by atoms with Crippen LogP contribution >= 0.6 is 0 Å². The Balaban J connectivity index is 2.28. The molecule has 1 aliphatic rings. The Kier molecular flexibility index (Phi) is 6.13. The summed E-state index contributed by atoms with van der Waals surface area (Å²) in [5.41, 5.74) is 5.90. The Bertz CT molecular complexity index is 257. The monoisotopic (exact) mass is 254 g/mol. The van der Waals surface area contributed by atoms with Crippen LogP contribution in [0.15, 0.2) is 0 Å². The van der Waals surface area contributed by atoms with Crippen molar-refractivity contribution < 1.29 is 4.79 Å². The molecule has 3 heteroatoms. The first-order valence-corrected chi connectivity index (χ1v) is 7.43. The predicted octanol–water partition coefficient (Wildman–Crippen LogP) is 2.79. The van der Waals surface area contributed by atoms with Crippen LogP contribution in [0, 0.1) is 11.8 Å². The first-order valence-electron chi connectivity index (χ1n) is 7.43. The third kappa shape index (κ3) is 4.60. The summed E-state index contributed by atoms with van der Waals surface area (Å²) in [4.78, 5) is 14.0. The van der Waals surface area contributed by atoms with Crippen LogP contribution in [-0.2, 0) is 4.79 Å². The van der Waals surface area contributed by atoms with E-state index in [4.69, 9.17) is 5.73 Å². The molecule has 0 heterocycles. The van der Waals surface area contributed by atoms with Gasteiger partial charge in [0.2, 0.25) is 5.91 Å². The van der Waals surface area contributed by atoms with Gasteiger partial charge < -0.3 is 10.6 Å². The molecule has 3 nitrogen and oxygen atoms in total. The zero-order valence-corrected chi connectivity index (χ0v) is 12.5. The fourth-order valence-electron chi connectivity index (χ4n) is 2.66. The molecule has 0 aromatic heterocycles. The van der Waals surface area contributed by atoms with Crippen molar-refractivity contribution in [2.45, 2.75) is 71.4 Å². The summed E-state index contributed by atoms with van der Waals surface area (Å²) in [6.07, 6.45) is 6.43. The van der Waals surface area contributed by atoms with Crippen LogP contribution in [-0.4, -0.2) is 29.9 Å². The lowest BCUT2D eigenvalue weighted by Crippen LogP contribution is -2.38. The van der Waals surface area contributed by atoms with Crippen molar-refractivity contribution in [1.82, 2.24) is 4.90 Å². The number of nitrogens with zero attached hydrogens (tertiary/aromatic N) is 1. The zero-order chi connectivity index (χ0) is 13.7. The first kappa shape index (κ1) is 15.5. The van der Waals surface area contributed by atoms with Gasteiger partial charge in [-0.15, -0.1) is 0 Å². The molecule has 1 aliphatic carbocycles. The smallest absolute Gasteiger partial charge is 0.222 e. The van der Waals surface area contributed by atoms with Crippen LogP contribution in [0.4, 0.5) is 0 Å². The van der Waals surface area contributed by atoms with E-state index in [0.29, 0.717) is 30.3 Å². The maximum absolute atomic E-state index is 12.1. The maximum atomic E-state index is 12.1. The van der Waals surface area contributed by atoms with Gasteiger partial charge in [0.15, 0.2) is 0 Å². The van der Waals surface area contributed by atoms with Crippen LogP contribution in [0.2, 0.25) is 0 Å². The number of hydrogen-bond donors (Lipinski definition) is 1. The van der Waals surface area contributed by atoms with Gasteiger partial charge in [-0.3, -0.25) is 4.79 Å². The minimum Gasteiger partial charge on any atom is -0.343 e. The molecule has 18 heavy (non-hydrogen) atoms. The fourth-order valence-corrected chi connectivity index (χ4v) is 2.66. The summed E-state index contributed by atoms with van der Waals surface area (Å²) in [6, 6.07) is 0.734. The van der Waals surface area contributed by atoms with E-state index in [1.54, 1.807) is 0 Å². The lowest BCUT2D eigenvalue weighted by molar-refractivity contribution is -0.132. The number of hydrogen-bond acceptors (Lipinski definition) is 2. The van der Waals surface area contributed by atoms with E-state index >= 15 is 0 Å². The molecule has 1 atom stereocenters. The largest absolute Gasteiger partial charge is 0.343 e. The minimum atomic E-state index is 0.297. The van der Waals surface area contributed by atoms with Crippen molar-refractivity contribution in [2.75, 3.05) is 7.05 Å². The lowest BCUT2D eigenvalue weighted by Gasteiger charge is -2.30. The normalized spacial score (nSPS) is 26.1. The molecular formula is C15H30N2O. The molecule has 0 radical (unpaired) electrons. The SMILES string of the molecule is CC(C)C(C)N(C)C(=O)CCC1CCC(N)CC1. The van der Waals surface area contributed by atoms with Crippen molar-refractivity contribution in [3.63, 3.8) is 0 Å². The molecule has 0 aliphatic heterocycles. The Morgan fingerprint density at radius 3 is 2.28 bits per heavy atom. The zero-order valence-electron chi connectivity index (χ0n) is 12.5. The van der Waals surface area contributed by atoms with E-state index in [0.717, 1.165) is 25.2 Å². The average Bonchev–Trinajstić information content (AvgIpc) is 2.35. The molecule has 1 amide bonds. The van der Waals surface area contributed by atoms with Gasteiger partial charge in [-0.2, -0.15) is 0 Å². The minimum absolute atomic E-state index is 0.297. The van der Waals surface area contributed by atoms with Crippen LogP contribution < -0.4 is 5.73 Å². The third-order valence-corrected chi connectivity index (χ3v) is 4.63. The van der Waals surface area contributed by atoms with E-state index in [2.05, 4.69) is 20.8 Å². The van der Waals surface area contributed by atoms with E-state index < -0.39 is 0 Å². The summed E-state index contributed by atoms with van der Waals surface area (Å²) >= 11 is 0. The summed E-state index contributed by atoms with van der Waals surface area (Å²) < 4.78 is 0. The average molecular weight is 254 g/mol. The van der Waals surface area contributed by atoms with Gasteiger partial charge in [-0.1, -0.05) is 13.8 Å². The second kappa shape index (κ2) is 7.13. The van der Waals surface area contributed by atoms with Crippen LogP contribution in [0.25, 0.3) is 0 Å². The van der Waals surface area contributed by atoms with Crippen LogP contribution in [0.5, 0.6) is 0 Å². The Morgan fingerprint density at radius 1 is 1.22 bits per heavy atom. The molecule has 1 saturated carbocycles. The van der Waals surface area contributed by atoms with E-state index in [9.17, 15) is 4.79 Å². The Morgan fingerprint density at radius 2 is 1.78 bits per heavy atom. The standard InChI is InChI=1S/C15H30N2O/c1-11(2)12(3)17(4)15(18)10-7-13-5-8-14(16)9-6-13/h11-14H,5-10,16H2,1-4H3. The van der Waals surface area contributed by atoms with E-state index in [1.807, 2.05) is 11.9 Å². The number of carbonyl (C=O) groups excluding carboxylic acids is 1. The molecule has 1 rings (SSSR count). The van der Waals surface area contributed by atoms with Gasteiger partial charge in [0.1, 0.15) is 0 Å². The van der Waals surface area contributed by atoms with Gasteiger partial charge in [-0.05, 0) is 50.9 Å². The van der Waals surface area contributed by atoms with Crippen molar-refractivity contribution in [1.29, 1.82) is 0 Å². The molecule has 1 fully saturated rings. The molecule has 0 bridgehead atoms. The highest BCUT2D eigenvalue weighted by atomic mass is 16.2. The predicted molar refractivity (Wildman–Crippen MR) is 76.2 cm³/mol. The van der Waals surface area contributed by atoms with E-state index in [1.165, 1.54) is 12.8 Å². The molecule has 1 unspecified atom stereocenters. The fraction of sp³-hybridized carbons (Fsp3) is 0.933. The Labute approximate surface area is 112 Å². The van der Waals surface area contributed by atoms with E-state index in [-0.39, 0.29) is 0 Å². The van der Waals surface area contributed by atoms with Crippen molar-refractivity contribution in [3.05, 3.63) is 0 Å². The quantitative estimate of drug-likeness (QED) is 0.820. The molecule has 0 aromatic rings. The summed E-state index contributed by atoms with van der Waals surface area (Å²) in [5, 5.41) is 0. The summed E-state index contributed by atoms with van der Waals surface area (Å²) in [7, 11) is 1.93. The highest BCUT2D eigenvalue weighted by molar-refractivity contribution is 5.76. The maximum Gasteiger partial charge on any atom is 0.222 e. The lowest BCUT2D eigenvalue weighted by atomic mass is 9.83. The highest BCUT2D eigenvalue weighted by Crippen LogP contribution is 2.27. The first-order chi connectivity index (χ1) is 8.41. The topological polar surface area (TPSA) is 46.3 Å². The van der Waals surface area contributed by atoms with Crippen LogP contribution in [0.1, 0.15) is 59.3 Å². The number of rotatable bonds is 5. The van der Waals surface area contributed by atoms with Crippen molar-refractivity contribution in [2.24, 2.45) is 17.6 Å². The molecule has 2 N–H and O–H groups in total. The molecule has 0 spiro atoms. The van der Waals surface area contributed by atoms with Gasteiger partial charge in [0, 0.05) is 25.6 Å². The van der Waals surface area contributed by atoms with Gasteiger partial charge >= 0.3 is 0 Å². The second-order valence-electron chi connectivity index (χ2n) is 6.31. The molecule has 106 valence electrons. The van der Waals surface area contributed by atoms with Crippen molar-refractivity contribution in [3.8, 4) is 0 Å². The molecule has 0 aromatic carbocycles. The molecule has 0 saturated heterocycles. The highest BCUT2D eigenvalue weighted by Gasteiger charge is 2.22.